The molecule has 0 aliphatic heterocycles. The molecule has 0 atom stereocenters. The van der Waals surface area contributed by atoms with Gasteiger partial charge >= 0.3 is 0 Å². The highest BCUT2D eigenvalue weighted by molar-refractivity contribution is 5.80. The molecule has 23 heavy (non-hydrogen) atoms. The molecule has 6 nitrogen and oxygen atoms in total. The van der Waals surface area contributed by atoms with E-state index in [1.165, 1.54) is 0 Å². The van der Waals surface area contributed by atoms with Gasteiger partial charge in [-0.2, -0.15) is 5.10 Å². The van der Waals surface area contributed by atoms with Crippen molar-refractivity contribution >= 4 is 22.5 Å². The van der Waals surface area contributed by atoms with Crippen molar-refractivity contribution in [3.8, 4) is 0 Å². The van der Waals surface area contributed by atoms with Gasteiger partial charge < -0.3 is 9.88 Å². The molecule has 0 bridgehead atoms. The highest BCUT2D eigenvalue weighted by Gasteiger charge is 2.08. The summed E-state index contributed by atoms with van der Waals surface area (Å²) in [7, 11) is 0. The summed E-state index contributed by atoms with van der Waals surface area (Å²) < 4.78 is 3.64. The second-order valence-corrected chi connectivity index (χ2v) is 5.34. The number of carbonyl (C=O) groups excluding carboxylic acids is 1. The van der Waals surface area contributed by atoms with E-state index < -0.39 is 0 Å². The Labute approximate surface area is 132 Å². The first-order chi connectivity index (χ1) is 11.3. The molecule has 0 fully saturated rings. The van der Waals surface area contributed by atoms with Gasteiger partial charge in [-0.05, 0) is 24.3 Å². The number of aromatic nitrogens is 4. The summed E-state index contributed by atoms with van der Waals surface area (Å²) in [5, 5.41) is 7.20. The number of hydrogen-bond acceptors (Lipinski definition) is 3. The molecule has 3 heterocycles. The molecule has 0 saturated heterocycles. The molecule has 6 heteroatoms. The van der Waals surface area contributed by atoms with Gasteiger partial charge in [0.2, 0.25) is 5.91 Å². The van der Waals surface area contributed by atoms with Gasteiger partial charge in [-0.25, -0.2) is 9.50 Å². The topological polar surface area (TPSA) is 64.2 Å². The molecule has 0 saturated carbocycles. The first kappa shape index (κ1) is 13.5. The number of fused-ring (bicyclic) bond motifs is 2. The van der Waals surface area contributed by atoms with E-state index >= 15 is 0 Å². The predicted molar refractivity (Wildman–Crippen MR) is 86.8 cm³/mol. The molecule has 4 aromatic rings. The average molecular weight is 305 g/mol. The van der Waals surface area contributed by atoms with Crippen molar-refractivity contribution in [2.24, 2.45) is 0 Å². The summed E-state index contributed by atoms with van der Waals surface area (Å²) in [6, 6.07) is 13.6. The molecule has 3 aromatic heterocycles. The van der Waals surface area contributed by atoms with Crippen molar-refractivity contribution in [1.82, 2.24) is 24.5 Å². The van der Waals surface area contributed by atoms with Gasteiger partial charge in [-0.15, -0.1) is 0 Å². The summed E-state index contributed by atoms with van der Waals surface area (Å²) in [4.78, 5) is 16.5. The maximum Gasteiger partial charge on any atom is 0.240 e. The Bertz CT molecular complexity index is 985. The first-order valence-electron chi connectivity index (χ1n) is 7.39. The Morgan fingerprint density at radius 3 is 2.87 bits per heavy atom. The number of amides is 1. The van der Waals surface area contributed by atoms with Gasteiger partial charge in [0.1, 0.15) is 6.54 Å². The van der Waals surface area contributed by atoms with Crippen LogP contribution in [0.1, 0.15) is 5.56 Å². The van der Waals surface area contributed by atoms with Crippen LogP contribution in [0.4, 0.5) is 0 Å². The quantitative estimate of drug-likeness (QED) is 0.627. The molecule has 0 aliphatic carbocycles. The van der Waals surface area contributed by atoms with Crippen molar-refractivity contribution in [3.63, 3.8) is 0 Å². The number of pyridine rings is 1. The number of rotatable bonds is 4. The smallest absolute Gasteiger partial charge is 0.240 e. The van der Waals surface area contributed by atoms with Crippen molar-refractivity contribution < 1.29 is 4.79 Å². The minimum absolute atomic E-state index is 0.0524. The van der Waals surface area contributed by atoms with E-state index in [1.54, 1.807) is 17.0 Å². The first-order valence-corrected chi connectivity index (χ1v) is 7.39. The van der Waals surface area contributed by atoms with Gasteiger partial charge in [0.15, 0.2) is 0 Å². The van der Waals surface area contributed by atoms with Crippen LogP contribution in [0.2, 0.25) is 0 Å². The van der Waals surface area contributed by atoms with Crippen LogP contribution in [0.25, 0.3) is 16.6 Å². The number of nitrogens with one attached hydrogen (secondary N) is 1. The number of carbonyl (C=O) groups is 1. The molecule has 114 valence electrons. The Morgan fingerprint density at radius 1 is 1.09 bits per heavy atom. The van der Waals surface area contributed by atoms with Gasteiger partial charge in [-0.1, -0.05) is 18.2 Å². The maximum atomic E-state index is 12.2. The predicted octanol–water partition coefficient (Wildman–Crippen LogP) is 2.00. The average Bonchev–Trinajstić information content (AvgIpc) is 3.18. The maximum absolute atomic E-state index is 12.2. The molecule has 4 rings (SSSR count). The molecule has 0 aliphatic rings. The van der Waals surface area contributed by atoms with Crippen molar-refractivity contribution in [2.75, 3.05) is 0 Å². The molecule has 1 amide bonds. The van der Waals surface area contributed by atoms with Crippen LogP contribution >= 0.6 is 0 Å². The van der Waals surface area contributed by atoms with E-state index in [1.807, 2.05) is 53.2 Å². The normalized spacial score (nSPS) is 11.1. The lowest BCUT2D eigenvalue weighted by Crippen LogP contribution is -2.26. The standard InChI is InChI=1S/C17H15N5O/c23-17(11-21-12-19-14-5-1-2-7-16(14)21)18-9-13-10-20-22-8-4-3-6-15(13)22/h1-8,10,12H,9,11H2,(H,18,23). The third-order valence-electron chi connectivity index (χ3n) is 3.82. The number of para-hydroxylation sites is 2. The highest BCUT2D eigenvalue weighted by Crippen LogP contribution is 2.12. The summed E-state index contributed by atoms with van der Waals surface area (Å²) in [6.45, 7) is 0.707. The van der Waals surface area contributed by atoms with Gasteiger partial charge in [0.25, 0.3) is 0 Å². The summed E-state index contributed by atoms with van der Waals surface area (Å²) in [6.07, 6.45) is 5.36. The van der Waals surface area contributed by atoms with Crippen LogP contribution < -0.4 is 5.32 Å². The van der Waals surface area contributed by atoms with Crippen LogP contribution in [0.15, 0.2) is 61.2 Å². The van der Waals surface area contributed by atoms with E-state index in [-0.39, 0.29) is 12.5 Å². The van der Waals surface area contributed by atoms with Gasteiger partial charge in [-0.3, -0.25) is 4.79 Å². The molecular formula is C17H15N5O. The zero-order valence-corrected chi connectivity index (χ0v) is 12.4. The van der Waals surface area contributed by atoms with Crippen LogP contribution in [0.5, 0.6) is 0 Å². The largest absolute Gasteiger partial charge is 0.350 e. The second kappa shape index (κ2) is 5.57. The van der Waals surface area contributed by atoms with E-state index in [0.717, 1.165) is 22.1 Å². The van der Waals surface area contributed by atoms with E-state index in [2.05, 4.69) is 15.4 Å². The summed E-state index contributed by atoms with van der Waals surface area (Å²) >= 11 is 0. The number of benzene rings is 1. The fourth-order valence-electron chi connectivity index (χ4n) is 2.66. The van der Waals surface area contributed by atoms with Crippen LogP contribution in [0.3, 0.4) is 0 Å². The zero-order valence-electron chi connectivity index (χ0n) is 12.4. The third-order valence-corrected chi connectivity index (χ3v) is 3.82. The second-order valence-electron chi connectivity index (χ2n) is 5.34. The Balaban J connectivity index is 1.46. The fourth-order valence-corrected chi connectivity index (χ4v) is 2.66. The number of nitrogens with zero attached hydrogens (tertiary/aromatic N) is 4. The van der Waals surface area contributed by atoms with E-state index in [0.29, 0.717) is 6.54 Å². The fraction of sp³-hybridized carbons (Fsp3) is 0.118. The van der Waals surface area contributed by atoms with Crippen LogP contribution in [-0.4, -0.2) is 25.1 Å². The van der Waals surface area contributed by atoms with Gasteiger partial charge in [0, 0.05) is 18.3 Å². The lowest BCUT2D eigenvalue weighted by Gasteiger charge is -2.06. The molecule has 0 unspecified atom stereocenters. The zero-order chi connectivity index (χ0) is 15.6. The highest BCUT2D eigenvalue weighted by atomic mass is 16.1. The summed E-state index contributed by atoms with van der Waals surface area (Å²) in [5.41, 5.74) is 3.84. The van der Waals surface area contributed by atoms with Gasteiger partial charge in [0.05, 0.1) is 29.1 Å². The molecular weight excluding hydrogens is 290 g/mol. The van der Waals surface area contributed by atoms with Crippen LogP contribution in [0, 0.1) is 0 Å². The minimum Gasteiger partial charge on any atom is -0.350 e. The molecule has 0 radical (unpaired) electrons. The Hall–Kier alpha value is -3.15. The van der Waals surface area contributed by atoms with Crippen LogP contribution in [-0.2, 0) is 17.9 Å². The molecule has 1 N–H and O–H groups in total. The van der Waals surface area contributed by atoms with Crippen molar-refractivity contribution in [3.05, 3.63) is 66.7 Å². The Morgan fingerprint density at radius 2 is 1.91 bits per heavy atom. The van der Waals surface area contributed by atoms with E-state index in [9.17, 15) is 4.79 Å². The third kappa shape index (κ3) is 2.55. The lowest BCUT2D eigenvalue weighted by atomic mass is 10.2. The van der Waals surface area contributed by atoms with Crippen molar-refractivity contribution in [1.29, 1.82) is 0 Å². The van der Waals surface area contributed by atoms with Crippen molar-refractivity contribution in [2.45, 2.75) is 13.1 Å². The Kier molecular flexibility index (Phi) is 3.27. The number of hydrogen-bond donors (Lipinski definition) is 1. The monoisotopic (exact) mass is 305 g/mol. The lowest BCUT2D eigenvalue weighted by molar-refractivity contribution is -0.121. The number of imidazole rings is 1. The van der Waals surface area contributed by atoms with E-state index in [4.69, 9.17) is 0 Å². The summed E-state index contributed by atoms with van der Waals surface area (Å²) in [5.74, 6) is -0.0524. The minimum atomic E-state index is -0.0524. The molecule has 1 aromatic carbocycles. The molecule has 0 spiro atoms. The SMILES string of the molecule is O=C(Cn1cnc2ccccc21)NCc1cnn2ccccc12.